The second-order valence-electron chi connectivity index (χ2n) is 4.71. The van der Waals surface area contributed by atoms with Crippen molar-refractivity contribution in [3.8, 4) is 17.2 Å². The zero-order valence-corrected chi connectivity index (χ0v) is 11.2. The molecule has 2 aromatic rings. The summed E-state index contributed by atoms with van der Waals surface area (Å²) in [5, 5.41) is 0. The van der Waals surface area contributed by atoms with Gasteiger partial charge in [0.05, 0.1) is 6.61 Å². The van der Waals surface area contributed by atoms with E-state index in [0.717, 1.165) is 35.8 Å². The van der Waals surface area contributed by atoms with Crippen molar-refractivity contribution < 1.29 is 14.2 Å². The summed E-state index contributed by atoms with van der Waals surface area (Å²) in [7, 11) is 0. The SMILES string of the molecule is Nc1ccc(CCCOc2ccc3c(c2)OCO3)cc1. The first-order chi connectivity index (χ1) is 9.81. The molecule has 2 aromatic carbocycles. The lowest BCUT2D eigenvalue weighted by Gasteiger charge is -2.07. The third kappa shape index (κ3) is 2.96. The second-order valence-corrected chi connectivity index (χ2v) is 4.71. The van der Waals surface area contributed by atoms with Crippen molar-refractivity contribution in [3.05, 3.63) is 48.0 Å². The van der Waals surface area contributed by atoms with Crippen molar-refractivity contribution in [2.75, 3.05) is 19.1 Å². The predicted octanol–water partition coefficient (Wildman–Crippen LogP) is 3.01. The van der Waals surface area contributed by atoms with Crippen LogP contribution in [0.3, 0.4) is 0 Å². The minimum atomic E-state index is 0.288. The largest absolute Gasteiger partial charge is 0.493 e. The lowest BCUT2D eigenvalue weighted by atomic mass is 10.1. The molecule has 104 valence electrons. The molecule has 0 aliphatic carbocycles. The average molecular weight is 271 g/mol. The van der Waals surface area contributed by atoms with Gasteiger partial charge in [0.15, 0.2) is 11.5 Å². The summed E-state index contributed by atoms with van der Waals surface area (Å²) >= 11 is 0. The first kappa shape index (κ1) is 12.7. The van der Waals surface area contributed by atoms with Crippen LogP contribution in [0.15, 0.2) is 42.5 Å². The molecule has 1 aliphatic rings. The Morgan fingerprint density at radius 1 is 1.00 bits per heavy atom. The minimum absolute atomic E-state index is 0.288. The molecule has 0 aromatic heterocycles. The fourth-order valence-electron chi connectivity index (χ4n) is 2.12. The maximum Gasteiger partial charge on any atom is 0.231 e. The highest BCUT2D eigenvalue weighted by molar-refractivity contribution is 5.46. The molecule has 0 saturated heterocycles. The van der Waals surface area contributed by atoms with E-state index >= 15 is 0 Å². The van der Waals surface area contributed by atoms with Gasteiger partial charge in [0, 0.05) is 11.8 Å². The second kappa shape index (κ2) is 5.74. The van der Waals surface area contributed by atoms with Crippen molar-refractivity contribution in [1.82, 2.24) is 0 Å². The van der Waals surface area contributed by atoms with Gasteiger partial charge in [-0.05, 0) is 42.7 Å². The smallest absolute Gasteiger partial charge is 0.231 e. The van der Waals surface area contributed by atoms with Gasteiger partial charge in [-0.1, -0.05) is 12.1 Å². The number of anilines is 1. The summed E-state index contributed by atoms with van der Waals surface area (Å²) in [6.45, 7) is 0.958. The molecule has 1 aliphatic heterocycles. The van der Waals surface area contributed by atoms with Crippen LogP contribution in [0.2, 0.25) is 0 Å². The van der Waals surface area contributed by atoms with Crippen molar-refractivity contribution in [2.24, 2.45) is 0 Å². The van der Waals surface area contributed by atoms with E-state index in [9.17, 15) is 0 Å². The van der Waals surface area contributed by atoms with Gasteiger partial charge < -0.3 is 19.9 Å². The molecule has 20 heavy (non-hydrogen) atoms. The Kier molecular flexibility index (Phi) is 3.63. The van der Waals surface area contributed by atoms with E-state index in [1.54, 1.807) is 0 Å². The topological polar surface area (TPSA) is 53.7 Å². The molecule has 0 spiro atoms. The van der Waals surface area contributed by atoms with E-state index in [0.29, 0.717) is 6.61 Å². The van der Waals surface area contributed by atoms with E-state index in [1.165, 1.54) is 5.56 Å². The van der Waals surface area contributed by atoms with E-state index in [1.807, 2.05) is 30.3 Å². The number of benzene rings is 2. The quantitative estimate of drug-likeness (QED) is 0.671. The zero-order chi connectivity index (χ0) is 13.8. The molecule has 1 heterocycles. The Morgan fingerprint density at radius 3 is 2.65 bits per heavy atom. The molecule has 4 nitrogen and oxygen atoms in total. The van der Waals surface area contributed by atoms with E-state index in [4.69, 9.17) is 19.9 Å². The lowest BCUT2D eigenvalue weighted by Crippen LogP contribution is -1.99. The van der Waals surface area contributed by atoms with E-state index in [-0.39, 0.29) is 6.79 Å². The van der Waals surface area contributed by atoms with Crippen molar-refractivity contribution in [1.29, 1.82) is 0 Å². The third-order valence-electron chi connectivity index (χ3n) is 3.20. The molecular weight excluding hydrogens is 254 g/mol. The summed E-state index contributed by atoms with van der Waals surface area (Å²) in [4.78, 5) is 0. The Bertz CT molecular complexity index is 581. The summed E-state index contributed by atoms with van der Waals surface area (Å²) in [5.41, 5.74) is 7.72. The minimum Gasteiger partial charge on any atom is -0.493 e. The van der Waals surface area contributed by atoms with Crippen LogP contribution >= 0.6 is 0 Å². The van der Waals surface area contributed by atoms with Crippen molar-refractivity contribution >= 4 is 5.69 Å². The molecule has 3 rings (SSSR count). The van der Waals surface area contributed by atoms with Crippen LogP contribution in [-0.4, -0.2) is 13.4 Å². The van der Waals surface area contributed by atoms with Crippen LogP contribution < -0.4 is 19.9 Å². The third-order valence-corrected chi connectivity index (χ3v) is 3.20. The molecule has 0 amide bonds. The number of ether oxygens (including phenoxy) is 3. The van der Waals surface area contributed by atoms with Gasteiger partial charge in [-0.25, -0.2) is 0 Å². The van der Waals surface area contributed by atoms with Crippen LogP contribution in [0.5, 0.6) is 17.2 Å². The Balaban J connectivity index is 1.47. The Morgan fingerprint density at radius 2 is 1.80 bits per heavy atom. The molecular formula is C16H17NO3. The predicted molar refractivity (Wildman–Crippen MR) is 77.2 cm³/mol. The van der Waals surface area contributed by atoms with Crippen LogP contribution in [0.25, 0.3) is 0 Å². The number of nitrogens with two attached hydrogens (primary N) is 1. The normalized spacial score (nSPS) is 12.4. The highest BCUT2D eigenvalue weighted by atomic mass is 16.7. The van der Waals surface area contributed by atoms with Gasteiger partial charge in [-0.2, -0.15) is 0 Å². The fourth-order valence-corrected chi connectivity index (χ4v) is 2.12. The molecule has 0 fully saturated rings. The van der Waals surface area contributed by atoms with Crippen molar-refractivity contribution in [2.45, 2.75) is 12.8 Å². The molecule has 0 atom stereocenters. The maximum atomic E-state index is 5.72. The summed E-state index contributed by atoms with van der Waals surface area (Å²) in [6.07, 6.45) is 1.93. The summed E-state index contributed by atoms with van der Waals surface area (Å²) < 4.78 is 16.3. The van der Waals surface area contributed by atoms with Gasteiger partial charge >= 0.3 is 0 Å². The van der Waals surface area contributed by atoms with Gasteiger partial charge in [0.25, 0.3) is 0 Å². The summed E-state index contributed by atoms with van der Waals surface area (Å²) in [6, 6.07) is 13.6. The van der Waals surface area contributed by atoms with Gasteiger partial charge in [-0.15, -0.1) is 0 Å². The van der Waals surface area contributed by atoms with E-state index < -0.39 is 0 Å². The number of hydrogen-bond donors (Lipinski definition) is 1. The standard InChI is InChI=1S/C16H17NO3/c17-13-5-3-12(4-6-13)2-1-9-18-14-7-8-15-16(10-14)20-11-19-15/h3-8,10H,1-2,9,11,17H2. The van der Waals surface area contributed by atoms with Gasteiger partial charge in [0.1, 0.15) is 5.75 Å². The Hall–Kier alpha value is -2.36. The van der Waals surface area contributed by atoms with Crippen molar-refractivity contribution in [3.63, 3.8) is 0 Å². The number of rotatable bonds is 5. The number of fused-ring (bicyclic) bond motifs is 1. The molecule has 0 bridgehead atoms. The van der Waals surface area contributed by atoms with Gasteiger partial charge in [0.2, 0.25) is 6.79 Å². The number of hydrogen-bond acceptors (Lipinski definition) is 4. The molecule has 0 radical (unpaired) electrons. The first-order valence-electron chi connectivity index (χ1n) is 6.68. The zero-order valence-electron chi connectivity index (χ0n) is 11.2. The summed E-state index contributed by atoms with van der Waals surface area (Å²) in [5.74, 6) is 2.34. The van der Waals surface area contributed by atoms with Crippen LogP contribution in [0.1, 0.15) is 12.0 Å². The highest BCUT2D eigenvalue weighted by Crippen LogP contribution is 2.35. The lowest BCUT2D eigenvalue weighted by molar-refractivity contribution is 0.173. The maximum absolute atomic E-state index is 5.72. The molecule has 2 N–H and O–H groups in total. The average Bonchev–Trinajstić information content (AvgIpc) is 2.93. The van der Waals surface area contributed by atoms with Crippen LogP contribution in [0, 0.1) is 0 Å². The fraction of sp³-hybridized carbons (Fsp3) is 0.250. The van der Waals surface area contributed by atoms with Crippen LogP contribution in [-0.2, 0) is 6.42 Å². The number of nitrogen functional groups attached to an aromatic ring is 1. The van der Waals surface area contributed by atoms with E-state index in [2.05, 4.69) is 12.1 Å². The van der Waals surface area contributed by atoms with Gasteiger partial charge in [-0.3, -0.25) is 0 Å². The Labute approximate surface area is 118 Å². The van der Waals surface area contributed by atoms with Crippen LogP contribution in [0.4, 0.5) is 5.69 Å². The highest BCUT2D eigenvalue weighted by Gasteiger charge is 2.13. The molecule has 4 heteroatoms. The monoisotopic (exact) mass is 271 g/mol. The molecule has 0 saturated carbocycles. The molecule has 0 unspecified atom stereocenters. The number of aryl methyl sites for hydroxylation is 1. The first-order valence-corrected chi connectivity index (χ1v) is 6.68.